The normalized spacial score (nSPS) is 15.4. The van der Waals surface area contributed by atoms with Gasteiger partial charge in [-0.1, -0.05) is 29.8 Å². The van der Waals surface area contributed by atoms with Gasteiger partial charge < -0.3 is 9.64 Å². The summed E-state index contributed by atoms with van der Waals surface area (Å²) in [6.45, 7) is 3.35. The van der Waals surface area contributed by atoms with Gasteiger partial charge in [0.05, 0.1) is 22.9 Å². The third-order valence-electron chi connectivity index (χ3n) is 5.36. The zero-order chi connectivity index (χ0) is 20.4. The molecule has 5 nitrogen and oxygen atoms in total. The maximum atomic E-state index is 12.9. The Morgan fingerprint density at radius 3 is 2.52 bits per heavy atom. The maximum Gasteiger partial charge on any atom is 0.185 e. The number of aryl methyl sites for hydroxylation is 1. The molecule has 1 aromatic heterocycles. The van der Waals surface area contributed by atoms with E-state index in [1.807, 2.05) is 48.7 Å². The van der Waals surface area contributed by atoms with Crippen molar-refractivity contribution in [2.75, 3.05) is 25.1 Å². The van der Waals surface area contributed by atoms with E-state index < -0.39 is 9.84 Å². The van der Waals surface area contributed by atoms with Crippen molar-refractivity contribution in [2.24, 2.45) is 0 Å². The van der Waals surface area contributed by atoms with Crippen LogP contribution in [0, 0.1) is 6.92 Å². The van der Waals surface area contributed by atoms with Crippen molar-refractivity contribution in [3.05, 3.63) is 59.5 Å². The standard InChI is InChI=1S/C22H24N2O3S2/c1-16-6-8-19(9-7-16)29(25,26)20-10-12-24(13-11-20)22-23-21(15-28-22)17-4-3-5-18(14-17)27-2/h3-9,14-15,20H,10-13H2,1-2H3. The van der Waals surface area contributed by atoms with Gasteiger partial charge in [0.2, 0.25) is 0 Å². The minimum atomic E-state index is -3.29. The summed E-state index contributed by atoms with van der Waals surface area (Å²) in [5.41, 5.74) is 3.00. The van der Waals surface area contributed by atoms with E-state index in [2.05, 4.69) is 4.90 Å². The summed E-state index contributed by atoms with van der Waals surface area (Å²) in [6, 6.07) is 15.0. The number of hydrogen-bond donors (Lipinski definition) is 0. The molecule has 0 radical (unpaired) electrons. The zero-order valence-corrected chi connectivity index (χ0v) is 18.2. The van der Waals surface area contributed by atoms with E-state index in [1.165, 1.54) is 0 Å². The van der Waals surface area contributed by atoms with Crippen molar-refractivity contribution in [3.8, 4) is 17.0 Å². The number of aromatic nitrogens is 1. The van der Waals surface area contributed by atoms with E-state index in [9.17, 15) is 8.42 Å². The highest BCUT2D eigenvalue weighted by Crippen LogP contribution is 2.32. The second-order valence-corrected chi connectivity index (χ2v) is 10.4. The summed E-state index contributed by atoms with van der Waals surface area (Å²) >= 11 is 1.60. The first-order valence-corrected chi connectivity index (χ1v) is 12.1. The molecule has 0 bridgehead atoms. The molecular weight excluding hydrogens is 404 g/mol. The summed E-state index contributed by atoms with van der Waals surface area (Å²) < 4.78 is 31.2. The van der Waals surface area contributed by atoms with Crippen molar-refractivity contribution < 1.29 is 13.2 Å². The molecule has 1 fully saturated rings. The minimum absolute atomic E-state index is 0.334. The lowest BCUT2D eigenvalue weighted by Crippen LogP contribution is -2.39. The van der Waals surface area contributed by atoms with Crippen LogP contribution in [0.2, 0.25) is 0 Å². The molecule has 7 heteroatoms. The van der Waals surface area contributed by atoms with Gasteiger partial charge in [-0.05, 0) is 44.0 Å². The highest BCUT2D eigenvalue weighted by molar-refractivity contribution is 7.92. The molecule has 0 unspecified atom stereocenters. The van der Waals surface area contributed by atoms with E-state index in [-0.39, 0.29) is 5.25 Å². The molecule has 0 amide bonds. The Morgan fingerprint density at radius 1 is 1.10 bits per heavy atom. The number of methoxy groups -OCH3 is 1. The Balaban J connectivity index is 1.45. The third-order valence-corrected chi connectivity index (χ3v) is 8.54. The van der Waals surface area contributed by atoms with Crippen LogP contribution in [0.1, 0.15) is 18.4 Å². The van der Waals surface area contributed by atoms with E-state index >= 15 is 0 Å². The van der Waals surface area contributed by atoms with E-state index in [1.54, 1.807) is 30.6 Å². The van der Waals surface area contributed by atoms with Crippen LogP contribution in [0.15, 0.2) is 58.8 Å². The lowest BCUT2D eigenvalue weighted by Gasteiger charge is -2.31. The summed E-state index contributed by atoms with van der Waals surface area (Å²) in [5, 5.41) is 2.65. The van der Waals surface area contributed by atoms with E-state index in [4.69, 9.17) is 9.72 Å². The SMILES string of the molecule is COc1cccc(-c2csc(N3CCC(S(=O)(=O)c4ccc(C)cc4)CC3)n2)c1. The fourth-order valence-corrected chi connectivity index (χ4v) is 6.22. The predicted molar refractivity (Wildman–Crippen MR) is 118 cm³/mol. The quantitative estimate of drug-likeness (QED) is 0.596. The van der Waals surface area contributed by atoms with Gasteiger partial charge in [0.15, 0.2) is 15.0 Å². The number of benzene rings is 2. The van der Waals surface area contributed by atoms with Crippen LogP contribution < -0.4 is 9.64 Å². The molecular formula is C22H24N2O3S2. The van der Waals surface area contributed by atoms with Crippen LogP contribution >= 0.6 is 11.3 Å². The van der Waals surface area contributed by atoms with Crippen LogP contribution in [-0.2, 0) is 9.84 Å². The van der Waals surface area contributed by atoms with Crippen molar-refractivity contribution in [3.63, 3.8) is 0 Å². The number of piperidine rings is 1. The van der Waals surface area contributed by atoms with Gasteiger partial charge in [0.25, 0.3) is 0 Å². The van der Waals surface area contributed by atoms with Crippen molar-refractivity contribution in [1.82, 2.24) is 4.98 Å². The predicted octanol–water partition coefficient (Wildman–Crippen LogP) is 4.57. The Bertz CT molecular complexity index is 1080. The fraction of sp³-hybridized carbons (Fsp3) is 0.318. The Kier molecular flexibility index (Phi) is 5.61. The third kappa shape index (κ3) is 4.16. The van der Waals surface area contributed by atoms with Crippen molar-refractivity contribution >= 4 is 26.3 Å². The molecule has 152 valence electrons. The van der Waals surface area contributed by atoms with Gasteiger partial charge in [0.1, 0.15) is 5.75 Å². The fourth-order valence-electron chi connectivity index (χ4n) is 3.60. The first-order chi connectivity index (χ1) is 14.0. The van der Waals surface area contributed by atoms with Gasteiger partial charge in [0, 0.05) is 24.0 Å². The van der Waals surface area contributed by atoms with Crippen LogP contribution in [0.5, 0.6) is 5.75 Å². The summed E-state index contributed by atoms with van der Waals surface area (Å²) in [4.78, 5) is 7.39. The topological polar surface area (TPSA) is 59.5 Å². The summed E-state index contributed by atoms with van der Waals surface area (Å²) in [7, 11) is -1.63. The molecule has 0 aliphatic carbocycles. The van der Waals surface area contributed by atoms with Gasteiger partial charge in [-0.2, -0.15) is 0 Å². The molecule has 2 aromatic carbocycles. The number of hydrogen-bond acceptors (Lipinski definition) is 6. The number of thiazole rings is 1. The van der Waals surface area contributed by atoms with Crippen LogP contribution in [-0.4, -0.2) is 38.9 Å². The highest BCUT2D eigenvalue weighted by atomic mass is 32.2. The lowest BCUT2D eigenvalue weighted by atomic mass is 10.1. The minimum Gasteiger partial charge on any atom is -0.497 e. The molecule has 2 heterocycles. The number of rotatable bonds is 5. The van der Waals surface area contributed by atoms with Gasteiger partial charge in [-0.3, -0.25) is 0 Å². The second-order valence-electron chi connectivity index (χ2n) is 7.29. The van der Waals surface area contributed by atoms with Crippen LogP contribution in [0.3, 0.4) is 0 Å². The van der Waals surface area contributed by atoms with Crippen LogP contribution in [0.4, 0.5) is 5.13 Å². The van der Waals surface area contributed by atoms with Gasteiger partial charge in [-0.15, -0.1) is 11.3 Å². The van der Waals surface area contributed by atoms with E-state index in [0.717, 1.165) is 27.7 Å². The largest absolute Gasteiger partial charge is 0.497 e. The summed E-state index contributed by atoms with van der Waals surface area (Å²) in [6.07, 6.45) is 1.23. The Hall–Kier alpha value is -2.38. The average Bonchev–Trinajstić information content (AvgIpc) is 3.24. The van der Waals surface area contributed by atoms with Crippen LogP contribution in [0.25, 0.3) is 11.3 Å². The molecule has 0 spiro atoms. The first kappa shape index (κ1) is 19.9. The molecule has 29 heavy (non-hydrogen) atoms. The molecule has 1 aliphatic rings. The number of nitrogens with zero attached hydrogens (tertiary/aromatic N) is 2. The molecule has 0 N–H and O–H groups in total. The number of sulfone groups is 1. The average molecular weight is 429 g/mol. The lowest BCUT2D eigenvalue weighted by molar-refractivity contribution is 0.415. The molecule has 1 aliphatic heterocycles. The zero-order valence-electron chi connectivity index (χ0n) is 16.5. The molecule has 0 atom stereocenters. The van der Waals surface area contributed by atoms with Gasteiger partial charge in [-0.25, -0.2) is 13.4 Å². The Labute approximate surface area is 175 Å². The van der Waals surface area contributed by atoms with Crippen molar-refractivity contribution in [2.45, 2.75) is 29.9 Å². The molecule has 3 aromatic rings. The Morgan fingerprint density at radius 2 is 1.83 bits per heavy atom. The monoisotopic (exact) mass is 428 g/mol. The number of anilines is 1. The van der Waals surface area contributed by atoms with E-state index in [0.29, 0.717) is 30.8 Å². The molecule has 4 rings (SSSR count). The summed E-state index contributed by atoms with van der Waals surface area (Å²) in [5.74, 6) is 0.805. The maximum absolute atomic E-state index is 12.9. The highest BCUT2D eigenvalue weighted by Gasteiger charge is 2.32. The first-order valence-electron chi connectivity index (χ1n) is 9.63. The molecule has 1 saturated heterocycles. The van der Waals surface area contributed by atoms with Crippen molar-refractivity contribution in [1.29, 1.82) is 0 Å². The number of ether oxygens (including phenoxy) is 1. The second kappa shape index (κ2) is 8.16. The van der Waals surface area contributed by atoms with Gasteiger partial charge >= 0.3 is 0 Å². The smallest absolute Gasteiger partial charge is 0.185 e. The molecule has 0 saturated carbocycles.